The molecule has 0 atom stereocenters. The Kier molecular flexibility index (Phi) is 3.39. The SMILES string of the molecule is Cc1ccc(OS(=O)(=O)C(F)(F)F)c(Cl)c1. The van der Waals surface area contributed by atoms with Crippen molar-refractivity contribution >= 4 is 21.7 Å². The second kappa shape index (κ2) is 4.14. The first-order valence-electron chi connectivity index (χ1n) is 3.90. The second-order valence-corrected chi connectivity index (χ2v) is 4.86. The predicted octanol–water partition coefficient (Wildman–Crippen LogP) is 2.88. The molecule has 0 aliphatic heterocycles. The van der Waals surface area contributed by atoms with Gasteiger partial charge < -0.3 is 4.18 Å². The average Bonchev–Trinajstić information content (AvgIpc) is 2.08. The highest BCUT2D eigenvalue weighted by Gasteiger charge is 2.48. The minimum absolute atomic E-state index is 0.201. The first-order valence-corrected chi connectivity index (χ1v) is 5.69. The summed E-state index contributed by atoms with van der Waals surface area (Å²) in [6, 6.07) is 3.73. The number of benzene rings is 1. The Morgan fingerprint density at radius 1 is 1.31 bits per heavy atom. The molecule has 0 unspecified atom stereocenters. The van der Waals surface area contributed by atoms with Gasteiger partial charge in [0.05, 0.1) is 5.02 Å². The zero-order valence-electron chi connectivity index (χ0n) is 7.88. The van der Waals surface area contributed by atoms with Crippen LogP contribution < -0.4 is 4.18 Å². The highest BCUT2D eigenvalue weighted by Crippen LogP contribution is 2.31. The molecule has 1 rings (SSSR count). The molecule has 90 valence electrons. The normalized spacial score (nSPS) is 12.6. The molecule has 1 aromatic carbocycles. The molecule has 0 heterocycles. The molecule has 0 N–H and O–H groups in total. The molecule has 0 saturated carbocycles. The Hall–Kier alpha value is -0.950. The molecule has 0 aromatic heterocycles. The largest absolute Gasteiger partial charge is 0.534 e. The fourth-order valence-corrected chi connectivity index (χ4v) is 1.63. The Morgan fingerprint density at radius 2 is 1.88 bits per heavy atom. The van der Waals surface area contributed by atoms with E-state index >= 15 is 0 Å². The summed E-state index contributed by atoms with van der Waals surface area (Å²) in [7, 11) is -5.67. The third kappa shape index (κ3) is 2.79. The number of rotatable bonds is 2. The van der Waals surface area contributed by atoms with Crippen molar-refractivity contribution in [3.63, 3.8) is 0 Å². The summed E-state index contributed by atoms with van der Waals surface area (Å²) >= 11 is 5.53. The van der Waals surface area contributed by atoms with Gasteiger partial charge in [0.15, 0.2) is 5.75 Å². The fraction of sp³-hybridized carbons (Fsp3) is 0.250. The highest BCUT2D eigenvalue weighted by atomic mass is 35.5. The summed E-state index contributed by atoms with van der Waals surface area (Å²) in [4.78, 5) is 0. The maximum Gasteiger partial charge on any atom is 0.534 e. The van der Waals surface area contributed by atoms with Crippen LogP contribution in [0.5, 0.6) is 5.75 Å². The van der Waals surface area contributed by atoms with Gasteiger partial charge in [0.2, 0.25) is 0 Å². The monoisotopic (exact) mass is 274 g/mol. The number of alkyl halides is 3. The summed E-state index contributed by atoms with van der Waals surface area (Å²) < 4.78 is 61.1. The zero-order chi connectivity index (χ0) is 12.6. The van der Waals surface area contributed by atoms with Gasteiger partial charge in [-0.2, -0.15) is 21.6 Å². The summed E-state index contributed by atoms with van der Waals surface area (Å²) in [6.07, 6.45) is 0. The van der Waals surface area contributed by atoms with Crippen molar-refractivity contribution in [3.05, 3.63) is 28.8 Å². The maximum absolute atomic E-state index is 12.0. The first-order chi connectivity index (χ1) is 7.13. The molecular weight excluding hydrogens is 269 g/mol. The minimum Gasteiger partial charge on any atom is -0.374 e. The molecule has 0 radical (unpaired) electrons. The molecule has 0 aliphatic carbocycles. The molecule has 3 nitrogen and oxygen atoms in total. The molecule has 0 bridgehead atoms. The van der Waals surface area contributed by atoms with Gasteiger partial charge in [-0.15, -0.1) is 0 Å². The molecule has 0 amide bonds. The maximum atomic E-state index is 12.0. The van der Waals surface area contributed by atoms with Crippen molar-refractivity contribution in [2.24, 2.45) is 0 Å². The summed E-state index contributed by atoms with van der Waals surface area (Å²) in [5, 5.41) is -0.201. The van der Waals surface area contributed by atoms with Crippen molar-refractivity contribution < 1.29 is 25.8 Å². The molecule has 0 fully saturated rings. The lowest BCUT2D eigenvalue weighted by Gasteiger charge is -2.10. The van der Waals surface area contributed by atoms with Crippen LogP contribution in [0, 0.1) is 6.92 Å². The highest BCUT2D eigenvalue weighted by molar-refractivity contribution is 7.88. The second-order valence-electron chi connectivity index (χ2n) is 2.92. The Labute approximate surface area is 94.9 Å². The lowest BCUT2D eigenvalue weighted by molar-refractivity contribution is -0.0500. The molecule has 1 aromatic rings. The van der Waals surface area contributed by atoms with E-state index in [2.05, 4.69) is 4.18 Å². The van der Waals surface area contributed by atoms with Crippen LogP contribution in [-0.4, -0.2) is 13.9 Å². The first kappa shape index (κ1) is 13.1. The van der Waals surface area contributed by atoms with Crippen molar-refractivity contribution in [1.82, 2.24) is 0 Å². The van der Waals surface area contributed by atoms with Crippen LogP contribution >= 0.6 is 11.6 Å². The van der Waals surface area contributed by atoms with Crippen molar-refractivity contribution in [2.45, 2.75) is 12.4 Å². The van der Waals surface area contributed by atoms with Crippen molar-refractivity contribution in [3.8, 4) is 5.75 Å². The number of hydrogen-bond donors (Lipinski definition) is 0. The van der Waals surface area contributed by atoms with Crippen molar-refractivity contribution in [1.29, 1.82) is 0 Å². The molecule has 0 saturated heterocycles. The van der Waals surface area contributed by atoms with E-state index in [0.717, 1.165) is 6.07 Å². The average molecular weight is 275 g/mol. The van der Waals surface area contributed by atoms with Gasteiger partial charge in [-0.05, 0) is 24.6 Å². The third-order valence-corrected chi connectivity index (χ3v) is 2.83. The zero-order valence-corrected chi connectivity index (χ0v) is 9.45. The van der Waals surface area contributed by atoms with Gasteiger partial charge in [0.1, 0.15) is 0 Å². The van der Waals surface area contributed by atoms with Gasteiger partial charge in [-0.25, -0.2) is 0 Å². The van der Waals surface area contributed by atoms with E-state index in [1.807, 2.05) is 0 Å². The Balaban J connectivity index is 3.07. The van der Waals surface area contributed by atoms with Gasteiger partial charge in [-0.1, -0.05) is 17.7 Å². The van der Waals surface area contributed by atoms with Crippen LogP contribution in [-0.2, 0) is 10.1 Å². The molecule has 8 heteroatoms. The van der Waals surface area contributed by atoms with Crippen LogP contribution in [0.4, 0.5) is 13.2 Å². The third-order valence-electron chi connectivity index (χ3n) is 1.57. The molecule has 16 heavy (non-hydrogen) atoms. The molecule has 0 spiro atoms. The van der Waals surface area contributed by atoms with Crippen LogP contribution in [0.2, 0.25) is 5.02 Å². The predicted molar refractivity (Wildman–Crippen MR) is 51.8 cm³/mol. The quantitative estimate of drug-likeness (QED) is 0.615. The van der Waals surface area contributed by atoms with Gasteiger partial charge >= 0.3 is 15.6 Å². The van der Waals surface area contributed by atoms with E-state index in [-0.39, 0.29) is 5.02 Å². The Morgan fingerprint density at radius 3 is 2.31 bits per heavy atom. The topological polar surface area (TPSA) is 43.4 Å². The summed E-state index contributed by atoms with van der Waals surface area (Å²) in [6.45, 7) is 1.65. The van der Waals surface area contributed by atoms with Crippen LogP contribution in [0.1, 0.15) is 5.56 Å². The van der Waals surface area contributed by atoms with E-state index in [4.69, 9.17) is 11.6 Å². The van der Waals surface area contributed by atoms with Crippen molar-refractivity contribution in [2.75, 3.05) is 0 Å². The summed E-state index contributed by atoms with van der Waals surface area (Å²) in [5.74, 6) is -0.551. The lowest BCUT2D eigenvalue weighted by atomic mass is 10.2. The van der Waals surface area contributed by atoms with E-state index in [0.29, 0.717) is 5.56 Å². The van der Waals surface area contributed by atoms with E-state index in [1.165, 1.54) is 12.1 Å². The van der Waals surface area contributed by atoms with E-state index in [1.54, 1.807) is 6.92 Å². The van der Waals surface area contributed by atoms with Gasteiger partial charge in [-0.3, -0.25) is 0 Å². The van der Waals surface area contributed by atoms with Gasteiger partial charge in [0, 0.05) is 0 Å². The summed E-state index contributed by atoms with van der Waals surface area (Å²) in [5.41, 5.74) is -4.80. The molecule has 0 aliphatic rings. The van der Waals surface area contributed by atoms with Gasteiger partial charge in [0.25, 0.3) is 0 Å². The lowest BCUT2D eigenvalue weighted by Crippen LogP contribution is -2.28. The number of aryl methyl sites for hydroxylation is 1. The Bertz CT molecular complexity index is 496. The van der Waals surface area contributed by atoms with Crippen LogP contribution in [0.3, 0.4) is 0 Å². The van der Waals surface area contributed by atoms with E-state index in [9.17, 15) is 21.6 Å². The molecular formula is C8H6ClF3O3S. The number of hydrogen-bond acceptors (Lipinski definition) is 3. The van der Waals surface area contributed by atoms with Crippen LogP contribution in [0.25, 0.3) is 0 Å². The van der Waals surface area contributed by atoms with Crippen LogP contribution in [0.15, 0.2) is 18.2 Å². The van der Waals surface area contributed by atoms with E-state index < -0.39 is 21.4 Å². The number of halogens is 4. The standard InChI is InChI=1S/C8H6ClF3O3S/c1-5-2-3-7(6(9)4-5)15-16(13,14)8(10,11)12/h2-4H,1H3. The fourth-order valence-electron chi connectivity index (χ4n) is 0.839. The minimum atomic E-state index is -5.67. The smallest absolute Gasteiger partial charge is 0.374 e.